The molecule has 12 heteroatoms. The van der Waals surface area contributed by atoms with E-state index in [2.05, 4.69) is 20.9 Å². The van der Waals surface area contributed by atoms with Crippen LogP contribution in [0.3, 0.4) is 0 Å². The smallest absolute Gasteiger partial charge is 0.255 e. The van der Waals surface area contributed by atoms with Gasteiger partial charge in [0.25, 0.3) is 5.91 Å². The standard InChI is InChI=1S/C36H46FN5O6/c1-5-31(43)39-32(36(46)42-17-15-41(3)16-18-42)22(2)24-11-14-29(28(37)19-24)38-35(45)33(23-9-7-6-8-10-23)40-34(44)27-21-48-30-20-25(47-4)12-13-26(27)30/h11-14,19-23,32-33H,5-10,15-18H2,1-4H3,(H,38,45)(H,39,43)(H,40,44). The molecule has 0 spiro atoms. The second kappa shape index (κ2) is 15.6. The first-order valence-electron chi connectivity index (χ1n) is 16.8. The summed E-state index contributed by atoms with van der Waals surface area (Å²) in [6.45, 7) is 6.05. The zero-order valence-corrected chi connectivity index (χ0v) is 28.1. The minimum atomic E-state index is -0.895. The first kappa shape index (κ1) is 34.9. The van der Waals surface area contributed by atoms with Crippen molar-refractivity contribution >= 4 is 40.3 Å². The molecule has 258 valence electrons. The molecule has 2 fully saturated rings. The summed E-state index contributed by atoms with van der Waals surface area (Å²) in [4.78, 5) is 57.1. The molecule has 2 aliphatic rings. The second-order valence-electron chi connectivity index (χ2n) is 12.9. The fraction of sp³-hybridized carbons (Fsp3) is 0.500. The number of anilines is 1. The third-order valence-electron chi connectivity index (χ3n) is 9.71. The number of benzene rings is 2. The van der Waals surface area contributed by atoms with E-state index in [-0.39, 0.29) is 29.8 Å². The molecule has 5 rings (SSSR count). The summed E-state index contributed by atoms with van der Waals surface area (Å²) in [6, 6.07) is 7.81. The molecule has 0 bridgehead atoms. The van der Waals surface area contributed by atoms with E-state index in [1.54, 1.807) is 50.1 Å². The Morgan fingerprint density at radius 2 is 1.73 bits per heavy atom. The van der Waals surface area contributed by atoms with Crippen LogP contribution in [0.2, 0.25) is 0 Å². The number of methoxy groups -OCH3 is 1. The molecule has 3 aromatic rings. The summed E-state index contributed by atoms with van der Waals surface area (Å²) in [5, 5.41) is 9.06. The molecule has 4 amide bonds. The number of fused-ring (bicyclic) bond motifs is 1. The molecular weight excluding hydrogens is 617 g/mol. The van der Waals surface area contributed by atoms with E-state index in [1.165, 1.54) is 18.4 Å². The molecule has 3 unspecified atom stereocenters. The van der Waals surface area contributed by atoms with Gasteiger partial charge in [0.1, 0.15) is 35.5 Å². The summed E-state index contributed by atoms with van der Waals surface area (Å²) in [7, 11) is 3.54. The Morgan fingerprint density at radius 3 is 2.40 bits per heavy atom. The van der Waals surface area contributed by atoms with E-state index < -0.39 is 35.6 Å². The molecule has 1 saturated carbocycles. The van der Waals surface area contributed by atoms with Crippen LogP contribution in [0, 0.1) is 11.7 Å². The van der Waals surface area contributed by atoms with Crippen molar-refractivity contribution in [2.45, 2.75) is 70.4 Å². The Labute approximate surface area is 280 Å². The van der Waals surface area contributed by atoms with Gasteiger partial charge in [-0.2, -0.15) is 0 Å². The SMILES string of the molecule is CCC(=O)NC(C(=O)N1CCN(C)CC1)C(C)c1ccc(NC(=O)C(NC(=O)c2coc3cc(OC)ccc23)C2CCCCC2)c(F)c1. The van der Waals surface area contributed by atoms with Crippen LogP contribution in [0.25, 0.3) is 11.0 Å². The van der Waals surface area contributed by atoms with Crippen LogP contribution in [-0.2, 0) is 14.4 Å². The molecule has 2 heterocycles. The van der Waals surface area contributed by atoms with E-state index >= 15 is 4.39 Å². The lowest BCUT2D eigenvalue weighted by Crippen LogP contribution is -2.55. The normalized spacial score (nSPS) is 17.7. The topological polar surface area (TPSA) is 133 Å². The van der Waals surface area contributed by atoms with Gasteiger partial charge in [-0.3, -0.25) is 19.2 Å². The monoisotopic (exact) mass is 663 g/mol. The van der Waals surface area contributed by atoms with E-state index in [9.17, 15) is 19.2 Å². The van der Waals surface area contributed by atoms with Gasteiger partial charge in [-0.05, 0) is 55.6 Å². The van der Waals surface area contributed by atoms with Crippen molar-refractivity contribution in [3.8, 4) is 5.75 Å². The lowest BCUT2D eigenvalue weighted by Gasteiger charge is -2.36. The Hall–Kier alpha value is -4.45. The summed E-state index contributed by atoms with van der Waals surface area (Å²) >= 11 is 0. The average Bonchev–Trinajstić information content (AvgIpc) is 3.53. The number of rotatable bonds is 11. The molecule has 3 N–H and O–H groups in total. The minimum absolute atomic E-state index is 0.0357. The molecular formula is C36H46FN5O6. The zero-order chi connectivity index (χ0) is 34.4. The van der Waals surface area contributed by atoms with Gasteiger partial charge in [0.2, 0.25) is 17.7 Å². The fourth-order valence-electron chi connectivity index (χ4n) is 6.61. The largest absolute Gasteiger partial charge is 0.497 e. The minimum Gasteiger partial charge on any atom is -0.497 e. The van der Waals surface area contributed by atoms with Crippen molar-refractivity contribution in [1.29, 1.82) is 0 Å². The molecule has 1 aromatic heterocycles. The Kier molecular flexibility index (Phi) is 11.4. The third kappa shape index (κ3) is 7.98. The summed E-state index contributed by atoms with van der Waals surface area (Å²) in [6.07, 6.45) is 6.00. The van der Waals surface area contributed by atoms with Crippen LogP contribution < -0.4 is 20.7 Å². The number of likely N-dealkylation sites (N-methyl/N-ethyl adjacent to an activating group) is 1. The highest BCUT2D eigenvalue weighted by Gasteiger charge is 2.34. The molecule has 48 heavy (non-hydrogen) atoms. The molecule has 1 saturated heterocycles. The van der Waals surface area contributed by atoms with E-state index in [4.69, 9.17) is 9.15 Å². The molecule has 1 aliphatic carbocycles. The number of amides is 4. The maximum absolute atomic E-state index is 15.7. The van der Waals surface area contributed by atoms with Crippen molar-refractivity contribution in [1.82, 2.24) is 20.4 Å². The number of nitrogens with one attached hydrogen (secondary N) is 3. The molecule has 0 radical (unpaired) electrons. The van der Waals surface area contributed by atoms with Crippen LogP contribution in [-0.4, -0.2) is 85.8 Å². The summed E-state index contributed by atoms with van der Waals surface area (Å²) in [5.74, 6) is -2.18. The summed E-state index contributed by atoms with van der Waals surface area (Å²) in [5.41, 5.74) is 1.25. The molecule has 2 aromatic carbocycles. The van der Waals surface area contributed by atoms with Crippen molar-refractivity contribution in [3.05, 3.63) is 59.6 Å². The highest BCUT2D eigenvalue weighted by Crippen LogP contribution is 2.30. The zero-order valence-electron chi connectivity index (χ0n) is 28.1. The first-order chi connectivity index (χ1) is 23.1. The van der Waals surface area contributed by atoms with Gasteiger partial charge in [-0.15, -0.1) is 0 Å². The van der Waals surface area contributed by atoms with E-state index in [0.717, 1.165) is 45.2 Å². The second-order valence-corrected chi connectivity index (χ2v) is 12.9. The van der Waals surface area contributed by atoms with Crippen molar-refractivity contribution in [3.63, 3.8) is 0 Å². The van der Waals surface area contributed by atoms with Gasteiger partial charge >= 0.3 is 0 Å². The van der Waals surface area contributed by atoms with Crippen molar-refractivity contribution in [2.75, 3.05) is 45.7 Å². The summed E-state index contributed by atoms with van der Waals surface area (Å²) < 4.78 is 26.5. The average molecular weight is 664 g/mol. The number of furan rings is 1. The number of hydrogen-bond donors (Lipinski definition) is 3. The van der Waals surface area contributed by atoms with Gasteiger partial charge in [0, 0.05) is 50.0 Å². The number of halogens is 1. The van der Waals surface area contributed by atoms with Gasteiger partial charge in [0.15, 0.2) is 0 Å². The molecule has 11 nitrogen and oxygen atoms in total. The van der Waals surface area contributed by atoms with Crippen LogP contribution in [0.1, 0.15) is 74.2 Å². The predicted molar refractivity (Wildman–Crippen MR) is 180 cm³/mol. The van der Waals surface area contributed by atoms with Gasteiger partial charge in [-0.25, -0.2) is 4.39 Å². The van der Waals surface area contributed by atoms with Gasteiger partial charge < -0.3 is 34.9 Å². The van der Waals surface area contributed by atoms with Crippen LogP contribution in [0.5, 0.6) is 5.75 Å². The quantitative estimate of drug-likeness (QED) is 0.272. The van der Waals surface area contributed by atoms with Gasteiger partial charge in [-0.1, -0.05) is 39.2 Å². The number of hydrogen-bond acceptors (Lipinski definition) is 7. The fourth-order valence-corrected chi connectivity index (χ4v) is 6.61. The predicted octanol–water partition coefficient (Wildman–Crippen LogP) is 4.67. The maximum Gasteiger partial charge on any atom is 0.255 e. The van der Waals surface area contributed by atoms with E-state index in [0.29, 0.717) is 40.9 Å². The Morgan fingerprint density at radius 1 is 1.00 bits per heavy atom. The Balaban J connectivity index is 1.33. The van der Waals surface area contributed by atoms with Crippen LogP contribution in [0.15, 0.2) is 47.1 Å². The van der Waals surface area contributed by atoms with E-state index in [1.807, 2.05) is 7.05 Å². The first-order valence-corrected chi connectivity index (χ1v) is 16.8. The lowest BCUT2D eigenvalue weighted by atomic mass is 9.83. The highest BCUT2D eigenvalue weighted by molar-refractivity contribution is 6.08. The lowest BCUT2D eigenvalue weighted by molar-refractivity contribution is -0.138. The van der Waals surface area contributed by atoms with Gasteiger partial charge in [0.05, 0.1) is 18.4 Å². The number of piperazine rings is 1. The Bertz CT molecular complexity index is 1630. The maximum atomic E-state index is 15.7. The highest BCUT2D eigenvalue weighted by atomic mass is 19.1. The third-order valence-corrected chi connectivity index (χ3v) is 9.71. The number of ether oxygens (including phenoxy) is 1. The van der Waals surface area contributed by atoms with Crippen molar-refractivity contribution < 1.29 is 32.7 Å². The molecule has 3 atom stereocenters. The number of carbonyl (C=O) groups excluding carboxylic acids is 4. The number of carbonyl (C=O) groups is 4. The van der Waals surface area contributed by atoms with Crippen LogP contribution in [0.4, 0.5) is 10.1 Å². The molecule has 1 aliphatic heterocycles. The van der Waals surface area contributed by atoms with Crippen molar-refractivity contribution in [2.24, 2.45) is 5.92 Å². The van der Waals surface area contributed by atoms with Crippen LogP contribution >= 0.6 is 0 Å². The number of nitrogens with zero attached hydrogens (tertiary/aromatic N) is 2.